The number of hydrogen-bond acceptors (Lipinski definition) is 3. The molecular weight excluding hydrogens is 276 g/mol. The van der Waals surface area contributed by atoms with Crippen LogP contribution in [0.1, 0.15) is 22.3 Å². The van der Waals surface area contributed by atoms with Gasteiger partial charge >= 0.3 is 0 Å². The molecule has 0 saturated carbocycles. The Balaban J connectivity index is 1.89. The summed E-state index contributed by atoms with van der Waals surface area (Å²) in [7, 11) is 1.70. The molecule has 0 radical (unpaired) electrons. The Hall–Kier alpha value is -2.33. The number of benzene rings is 2. The number of carbonyl (C=O) groups is 1. The normalized spacial score (nSPS) is 10.3. The third-order valence-corrected chi connectivity index (χ3v) is 3.28. The molecule has 4 heteroatoms. The first kappa shape index (κ1) is 16.0. The topological polar surface area (TPSA) is 50.4 Å². The summed E-state index contributed by atoms with van der Waals surface area (Å²) in [5.41, 5.74) is 3.56. The van der Waals surface area contributed by atoms with E-state index < -0.39 is 0 Å². The first-order valence-corrected chi connectivity index (χ1v) is 7.40. The maximum Gasteiger partial charge on any atom is 0.255 e. The monoisotopic (exact) mass is 298 g/mol. The number of carbonyl (C=O) groups excluding carboxylic acids is 1. The molecule has 0 aromatic heterocycles. The molecule has 2 rings (SSSR count). The van der Waals surface area contributed by atoms with Gasteiger partial charge < -0.3 is 15.4 Å². The molecule has 0 atom stereocenters. The Morgan fingerprint density at radius 1 is 1.09 bits per heavy atom. The summed E-state index contributed by atoms with van der Waals surface area (Å²) in [6, 6.07) is 15.3. The number of anilines is 2. The average Bonchev–Trinajstić information content (AvgIpc) is 2.53. The van der Waals surface area contributed by atoms with Gasteiger partial charge in [-0.2, -0.15) is 0 Å². The first-order valence-electron chi connectivity index (χ1n) is 7.40. The lowest BCUT2D eigenvalue weighted by atomic mass is 10.1. The fourth-order valence-electron chi connectivity index (χ4n) is 2.11. The van der Waals surface area contributed by atoms with E-state index >= 15 is 0 Å². The van der Waals surface area contributed by atoms with Crippen molar-refractivity contribution in [2.45, 2.75) is 13.3 Å². The number of amides is 1. The van der Waals surface area contributed by atoms with Crippen LogP contribution in [0, 0.1) is 6.92 Å². The summed E-state index contributed by atoms with van der Waals surface area (Å²) in [5.74, 6) is -0.0931. The molecular formula is C18H22N2O2. The zero-order valence-corrected chi connectivity index (χ0v) is 13.1. The summed E-state index contributed by atoms with van der Waals surface area (Å²) in [4.78, 5) is 12.2. The first-order chi connectivity index (χ1) is 10.7. The van der Waals surface area contributed by atoms with Crippen molar-refractivity contribution < 1.29 is 9.53 Å². The van der Waals surface area contributed by atoms with Crippen molar-refractivity contribution in [2.75, 3.05) is 30.9 Å². The SMILES string of the molecule is COCCCNc1ccc(NC(=O)c2cccc(C)c2)cc1. The molecule has 0 spiro atoms. The minimum Gasteiger partial charge on any atom is -0.385 e. The number of rotatable bonds is 7. The van der Waals surface area contributed by atoms with Gasteiger partial charge in [0, 0.05) is 37.2 Å². The van der Waals surface area contributed by atoms with E-state index in [1.807, 2.05) is 55.5 Å². The van der Waals surface area contributed by atoms with Gasteiger partial charge in [0.1, 0.15) is 0 Å². The standard InChI is InChI=1S/C18H22N2O2/c1-14-5-3-6-15(13-14)18(21)20-17-9-7-16(8-10-17)19-11-4-12-22-2/h3,5-10,13,19H,4,11-12H2,1-2H3,(H,20,21). The van der Waals surface area contributed by atoms with E-state index in [9.17, 15) is 4.79 Å². The van der Waals surface area contributed by atoms with Crippen LogP contribution >= 0.6 is 0 Å². The molecule has 0 aliphatic heterocycles. The van der Waals surface area contributed by atoms with Gasteiger partial charge in [-0.25, -0.2) is 0 Å². The smallest absolute Gasteiger partial charge is 0.255 e. The third-order valence-electron chi connectivity index (χ3n) is 3.28. The number of ether oxygens (including phenoxy) is 1. The second-order valence-corrected chi connectivity index (χ2v) is 5.17. The zero-order chi connectivity index (χ0) is 15.8. The fraction of sp³-hybridized carbons (Fsp3) is 0.278. The predicted molar refractivity (Wildman–Crippen MR) is 90.6 cm³/mol. The molecule has 0 unspecified atom stereocenters. The second kappa shape index (κ2) is 8.20. The number of aryl methyl sites for hydroxylation is 1. The van der Waals surface area contributed by atoms with E-state index in [1.165, 1.54) is 0 Å². The van der Waals surface area contributed by atoms with Crippen molar-refractivity contribution in [2.24, 2.45) is 0 Å². The van der Waals surface area contributed by atoms with Crippen molar-refractivity contribution in [3.63, 3.8) is 0 Å². The van der Waals surface area contributed by atoms with Crippen molar-refractivity contribution in [1.29, 1.82) is 0 Å². The van der Waals surface area contributed by atoms with Crippen molar-refractivity contribution in [3.8, 4) is 0 Å². The van der Waals surface area contributed by atoms with Crippen LogP contribution < -0.4 is 10.6 Å². The van der Waals surface area contributed by atoms with Gasteiger partial charge in [-0.1, -0.05) is 17.7 Å². The lowest BCUT2D eigenvalue weighted by Crippen LogP contribution is -2.12. The van der Waals surface area contributed by atoms with Gasteiger partial charge in [-0.05, 0) is 49.7 Å². The summed E-state index contributed by atoms with van der Waals surface area (Å²) >= 11 is 0. The van der Waals surface area contributed by atoms with Gasteiger partial charge in [0.25, 0.3) is 5.91 Å². The van der Waals surface area contributed by atoms with Crippen LogP contribution in [0.5, 0.6) is 0 Å². The minimum absolute atomic E-state index is 0.0931. The summed E-state index contributed by atoms with van der Waals surface area (Å²) in [5, 5.41) is 6.21. The van der Waals surface area contributed by atoms with E-state index in [0.29, 0.717) is 5.56 Å². The highest BCUT2D eigenvalue weighted by Gasteiger charge is 2.05. The van der Waals surface area contributed by atoms with E-state index in [4.69, 9.17) is 4.74 Å². The maximum absolute atomic E-state index is 12.2. The summed E-state index contributed by atoms with van der Waals surface area (Å²) < 4.78 is 5.01. The van der Waals surface area contributed by atoms with Gasteiger partial charge in [-0.15, -0.1) is 0 Å². The molecule has 2 N–H and O–H groups in total. The van der Waals surface area contributed by atoms with Gasteiger partial charge in [-0.3, -0.25) is 4.79 Å². The van der Waals surface area contributed by atoms with Crippen molar-refractivity contribution in [1.82, 2.24) is 0 Å². The lowest BCUT2D eigenvalue weighted by molar-refractivity contribution is 0.102. The Kier molecular flexibility index (Phi) is 5.98. The van der Waals surface area contributed by atoms with Crippen LogP contribution in [-0.4, -0.2) is 26.2 Å². The van der Waals surface area contributed by atoms with Crippen LogP contribution in [-0.2, 0) is 4.74 Å². The number of methoxy groups -OCH3 is 1. The molecule has 4 nitrogen and oxygen atoms in total. The van der Waals surface area contributed by atoms with Crippen LogP contribution in [0.2, 0.25) is 0 Å². The Morgan fingerprint density at radius 2 is 1.82 bits per heavy atom. The van der Waals surface area contributed by atoms with Gasteiger partial charge in [0.15, 0.2) is 0 Å². The van der Waals surface area contributed by atoms with E-state index in [2.05, 4.69) is 10.6 Å². The second-order valence-electron chi connectivity index (χ2n) is 5.17. The molecule has 0 bridgehead atoms. The zero-order valence-electron chi connectivity index (χ0n) is 13.1. The summed E-state index contributed by atoms with van der Waals surface area (Å²) in [6.45, 7) is 3.58. The summed E-state index contributed by atoms with van der Waals surface area (Å²) in [6.07, 6.45) is 0.961. The molecule has 0 aliphatic rings. The predicted octanol–water partition coefficient (Wildman–Crippen LogP) is 3.70. The van der Waals surface area contributed by atoms with Crippen molar-refractivity contribution >= 4 is 17.3 Å². The number of nitrogens with one attached hydrogen (secondary N) is 2. The molecule has 0 aliphatic carbocycles. The number of hydrogen-bond donors (Lipinski definition) is 2. The van der Waals surface area contributed by atoms with Gasteiger partial charge in [0.05, 0.1) is 0 Å². The molecule has 2 aromatic carbocycles. The molecule has 0 saturated heterocycles. The Morgan fingerprint density at radius 3 is 2.50 bits per heavy atom. The highest BCUT2D eigenvalue weighted by molar-refractivity contribution is 6.04. The quantitative estimate of drug-likeness (QED) is 0.766. The van der Waals surface area contributed by atoms with Crippen LogP contribution in [0.4, 0.5) is 11.4 Å². The molecule has 22 heavy (non-hydrogen) atoms. The van der Waals surface area contributed by atoms with Crippen LogP contribution in [0.3, 0.4) is 0 Å². The largest absolute Gasteiger partial charge is 0.385 e. The Bertz CT molecular complexity index is 609. The molecule has 1 amide bonds. The van der Waals surface area contributed by atoms with E-state index in [-0.39, 0.29) is 5.91 Å². The molecule has 116 valence electrons. The van der Waals surface area contributed by atoms with Crippen LogP contribution in [0.15, 0.2) is 48.5 Å². The van der Waals surface area contributed by atoms with Crippen molar-refractivity contribution in [3.05, 3.63) is 59.7 Å². The van der Waals surface area contributed by atoms with E-state index in [1.54, 1.807) is 7.11 Å². The highest BCUT2D eigenvalue weighted by Crippen LogP contribution is 2.15. The minimum atomic E-state index is -0.0931. The fourth-order valence-corrected chi connectivity index (χ4v) is 2.11. The van der Waals surface area contributed by atoms with E-state index in [0.717, 1.165) is 36.5 Å². The molecule has 2 aromatic rings. The van der Waals surface area contributed by atoms with Gasteiger partial charge in [0.2, 0.25) is 0 Å². The Labute approximate surface area is 131 Å². The average molecular weight is 298 g/mol. The molecule has 0 heterocycles. The molecule has 0 fully saturated rings. The van der Waals surface area contributed by atoms with Crippen LogP contribution in [0.25, 0.3) is 0 Å². The third kappa shape index (κ3) is 4.90. The maximum atomic E-state index is 12.2. The highest BCUT2D eigenvalue weighted by atomic mass is 16.5. The lowest BCUT2D eigenvalue weighted by Gasteiger charge is -2.09.